The quantitative estimate of drug-likeness (QED) is 0.693. The Morgan fingerprint density at radius 3 is 2.74 bits per heavy atom. The molecule has 0 aromatic heterocycles. The molecular weight excluding hydrogens is 236 g/mol. The SMILES string of the molecule is COCCN(C)CCCNCc1cccc(C)c1C. The van der Waals surface area contributed by atoms with E-state index in [0.717, 1.165) is 32.8 Å². The summed E-state index contributed by atoms with van der Waals surface area (Å²) in [5.41, 5.74) is 4.19. The van der Waals surface area contributed by atoms with Gasteiger partial charge in [0.05, 0.1) is 6.61 Å². The molecule has 108 valence electrons. The Balaban J connectivity index is 2.15. The van der Waals surface area contributed by atoms with E-state index in [1.807, 2.05) is 0 Å². The number of nitrogens with one attached hydrogen (secondary N) is 1. The Kier molecular flexibility index (Phi) is 7.72. The minimum absolute atomic E-state index is 0.812. The molecular formula is C16H28N2O. The van der Waals surface area contributed by atoms with Gasteiger partial charge in [-0.2, -0.15) is 0 Å². The first-order chi connectivity index (χ1) is 9.15. The van der Waals surface area contributed by atoms with Gasteiger partial charge in [-0.15, -0.1) is 0 Å². The number of hydrogen-bond donors (Lipinski definition) is 1. The lowest BCUT2D eigenvalue weighted by atomic mass is 10.0. The van der Waals surface area contributed by atoms with Crippen LogP contribution >= 0.6 is 0 Å². The number of hydrogen-bond acceptors (Lipinski definition) is 3. The Bertz CT molecular complexity index is 366. The summed E-state index contributed by atoms with van der Waals surface area (Å²) in [4.78, 5) is 2.31. The number of methoxy groups -OCH3 is 1. The molecule has 0 aliphatic carbocycles. The van der Waals surface area contributed by atoms with Crippen LogP contribution in [0.5, 0.6) is 0 Å². The van der Waals surface area contributed by atoms with Gasteiger partial charge in [-0.25, -0.2) is 0 Å². The minimum Gasteiger partial charge on any atom is -0.383 e. The van der Waals surface area contributed by atoms with Crippen LogP contribution in [-0.4, -0.2) is 45.3 Å². The highest BCUT2D eigenvalue weighted by Crippen LogP contribution is 2.12. The number of aryl methyl sites for hydroxylation is 1. The number of benzene rings is 1. The van der Waals surface area contributed by atoms with Gasteiger partial charge >= 0.3 is 0 Å². The molecule has 0 radical (unpaired) electrons. The van der Waals surface area contributed by atoms with E-state index in [4.69, 9.17) is 4.74 Å². The maximum absolute atomic E-state index is 5.06. The lowest BCUT2D eigenvalue weighted by Gasteiger charge is -2.16. The molecule has 3 nitrogen and oxygen atoms in total. The van der Waals surface area contributed by atoms with E-state index in [2.05, 4.69) is 49.3 Å². The van der Waals surface area contributed by atoms with Gasteiger partial charge in [0.1, 0.15) is 0 Å². The van der Waals surface area contributed by atoms with Crippen LogP contribution in [0.15, 0.2) is 18.2 Å². The van der Waals surface area contributed by atoms with Crippen LogP contribution in [0.4, 0.5) is 0 Å². The Labute approximate surface area is 118 Å². The fourth-order valence-corrected chi connectivity index (χ4v) is 2.06. The molecule has 0 unspecified atom stereocenters. The third kappa shape index (κ3) is 6.19. The molecule has 19 heavy (non-hydrogen) atoms. The van der Waals surface area contributed by atoms with Crippen LogP contribution in [0, 0.1) is 13.8 Å². The first-order valence-electron chi connectivity index (χ1n) is 7.08. The van der Waals surface area contributed by atoms with E-state index in [0.29, 0.717) is 0 Å². The van der Waals surface area contributed by atoms with Crippen LogP contribution in [-0.2, 0) is 11.3 Å². The van der Waals surface area contributed by atoms with Gasteiger partial charge in [0.25, 0.3) is 0 Å². The number of likely N-dealkylation sites (N-methyl/N-ethyl adjacent to an activating group) is 1. The van der Waals surface area contributed by atoms with E-state index in [1.165, 1.54) is 23.1 Å². The molecule has 0 atom stereocenters. The van der Waals surface area contributed by atoms with E-state index in [-0.39, 0.29) is 0 Å². The average molecular weight is 264 g/mol. The van der Waals surface area contributed by atoms with Crippen molar-refractivity contribution >= 4 is 0 Å². The number of nitrogens with zero attached hydrogens (tertiary/aromatic N) is 1. The third-order valence-electron chi connectivity index (χ3n) is 3.60. The average Bonchev–Trinajstić information content (AvgIpc) is 2.40. The topological polar surface area (TPSA) is 24.5 Å². The Hall–Kier alpha value is -0.900. The number of rotatable bonds is 9. The molecule has 1 rings (SSSR count). The first kappa shape index (κ1) is 16.2. The Morgan fingerprint density at radius 1 is 1.21 bits per heavy atom. The van der Waals surface area contributed by atoms with Crippen molar-refractivity contribution in [2.45, 2.75) is 26.8 Å². The fraction of sp³-hybridized carbons (Fsp3) is 0.625. The maximum Gasteiger partial charge on any atom is 0.0589 e. The summed E-state index contributed by atoms with van der Waals surface area (Å²) in [5, 5.41) is 3.52. The van der Waals surface area contributed by atoms with Crippen molar-refractivity contribution < 1.29 is 4.74 Å². The summed E-state index contributed by atoms with van der Waals surface area (Å²) in [5.74, 6) is 0. The van der Waals surface area contributed by atoms with Crippen molar-refractivity contribution in [2.24, 2.45) is 0 Å². The predicted molar refractivity (Wildman–Crippen MR) is 81.6 cm³/mol. The largest absolute Gasteiger partial charge is 0.383 e. The second-order valence-corrected chi connectivity index (χ2v) is 5.19. The van der Waals surface area contributed by atoms with E-state index in [1.54, 1.807) is 7.11 Å². The van der Waals surface area contributed by atoms with E-state index < -0.39 is 0 Å². The highest BCUT2D eigenvalue weighted by molar-refractivity contribution is 5.32. The molecule has 0 aliphatic rings. The van der Waals surface area contributed by atoms with Gasteiger partial charge in [0, 0.05) is 20.2 Å². The second-order valence-electron chi connectivity index (χ2n) is 5.19. The normalized spacial score (nSPS) is 11.2. The lowest BCUT2D eigenvalue weighted by molar-refractivity contribution is 0.160. The van der Waals surface area contributed by atoms with Crippen molar-refractivity contribution in [3.05, 3.63) is 34.9 Å². The van der Waals surface area contributed by atoms with Crippen LogP contribution in [0.25, 0.3) is 0 Å². The Morgan fingerprint density at radius 2 is 2.00 bits per heavy atom. The van der Waals surface area contributed by atoms with Crippen LogP contribution in [0.1, 0.15) is 23.1 Å². The highest BCUT2D eigenvalue weighted by atomic mass is 16.5. The molecule has 1 aromatic rings. The summed E-state index contributed by atoms with van der Waals surface area (Å²) in [6, 6.07) is 6.52. The summed E-state index contributed by atoms with van der Waals surface area (Å²) in [7, 11) is 3.89. The van der Waals surface area contributed by atoms with Gasteiger partial charge < -0.3 is 15.0 Å². The second kappa shape index (κ2) is 9.08. The minimum atomic E-state index is 0.812. The molecule has 1 N–H and O–H groups in total. The summed E-state index contributed by atoms with van der Waals surface area (Å²) in [6.07, 6.45) is 1.17. The van der Waals surface area contributed by atoms with Gasteiger partial charge in [-0.3, -0.25) is 0 Å². The third-order valence-corrected chi connectivity index (χ3v) is 3.60. The summed E-state index contributed by atoms with van der Waals surface area (Å²) in [6.45, 7) is 9.33. The fourth-order valence-electron chi connectivity index (χ4n) is 2.06. The zero-order valence-electron chi connectivity index (χ0n) is 12.8. The van der Waals surface area contributed by atoms with Gasteiger partial charge in [0.15, 0.2) is 0 Å². The number of ether oxygens (including phenoxy) is 1. The van der Waals surface area contributed by atoms with Crippen molar-refractivity contribution in [1.29, 1.82) is 0 Å². The van der Waals surface area contributed by atoms with Crippen molar-refractivity contribution in [3.63, 3.8) is 0 Å². The molecule has 1 aromatic carbocycles. The molecule has 0 fully saturated rings. The van der Waals surface area contributed by atoms with Gasteiger partial charge in [0.2, 0.25) is 0 Å². The molecule has 0 heterocycles. The molecule has 0 amide bonds. The smallest absolute Gasteiger partial charge is 0.0589 e. The molecule has 0 saturated heterocycles. The summed E-state index contributed by atoms with van der Waals surface area (Å²) < 4.78 is 5.06. The zero-order chi connectivity index (χ0) is 14.1. The van der Waals surface area contributed by atoms with Crippen LogP contribution in [0.2, 0.25) is 0 Å². The highest BCUT2D eigenvalue weighted by Gasteiger charge is 2.00. The van der Waals surface area contributed by atoms with Gasteiger partial charge in [-0.1, -0.05) is 18.2 Å². The molecule has 0 bridgehead atoms. The van der Waals surface area contributed by atoms with Crippen molar-refractivity contribution in [2.75, 3.05) is 40.4 Å². The van der Waals surface area contributed by atoms with Crippen molar-refractivity contribution in [1.82, 2.24) is 10.2 Å². The van der Waals surface area contributed by atoms with E-state index in [9.17, 15) is 0 Å². The predicted octanol–water partition coefficient (Wildman–Crippen LogP) is 2.36. The molecule has 0 aliphatic heterocycles. The lowest BCUT2D eigenvalue weighted by Crippen LogP contribution is -2.27. The molecule has 3 heteroatoms. The van der Waals surface area contributed by atoms with Gasteiger partial charge in [-0.05, 0) is 57.1 Å². The monoisotopic (exact) mass is 264 g/mol. The van der Waals surface area contributed by atoms with Crippen LogP contribution < -0.4 is 5.32 Å². The van der Waals surface area contributed by atoms with Crippen LogP contribution in [0.3, 0.4) is 0 Å². The molecule has 0 spiro atoms. The van der Waals surface area contributed by atoms with E-state index >= 15 is 0 Å². The zero-order valence-corrected chi connectivity index (χ0v) is 12.8. The van der Waals surface area contributed by atoms with Crippen molar-refractivity contribution in [3.8, 4) is 0 Å². The maximum atomic E-state index is 5.06. The molecule has 0 saturated carbocycles. The first-order valence-corrected chi connectivity index (χ1v) is 7.08. The standard InChI is InChI=1S/C16H28N2O/c1-14-7-5-8-16(15(14)2)13-17-9-6-10-18(3)11-12-19-4/h5,7-8,17H,6,9-13H2,1-4H3. The summed E-state index contributed by atoms with van der Waals surface area (Å²) >= 11 is 0.